The fourth-order valence-corrected chi connectivity index (χ4v) is 3.60. The number of hydrogen-bond acceptors (Lipinski definition) is 8. The first kappa shape index (κ1) is 31.2. The molecule has 0 rings (SSSR count). The van der Waals surface area contributed by atoms with Gasteiger partial charge in [-0.2, -0.15) is 8.42 Å². The number of hydrogen-bond donors (Lipinski definition) is 2. The van der Waals surface area contributed by atoms with Gasteiger partial charge in [0, 0.05) is 0 Å². The molecule has 0 aliphatic carbocycles. The van der Waals surface area contributed by atoms with E-state index in [0.717, 1.165) is 12.2 Å². The molecule has 0 saturated heterocycles. The summed E-state index contributed by atoms with van der Waals surface area (Å²) in [6.45, 7) is 12.1. The molecule has 0 bridgehead atoms. The van der Waals surface area contributed by atoms with Crippen LogP contribution in [0.25, 0.3) is 0 Å². The molecule has 0 unspecified atom stereocenters. The van der Waals surface area contributed by atoms with E-state index in [1.807, 2.05) is 0 Å². The standard InChI is InChI=1S/2C7H13NO4S.Ca/c2*1-4-6(9)8-7(2,3)5-13(10,11)12;/h2*4H,1,5H2,2-3H3,(H,8,9)(H,10,11,12);/q;;+2/p-2. The molecule has 152 valence electrons. The predicted octanol–water partition coefficient (Wildman–Crippen LogP) is -1.17. The smallest absolute Gasteiger partial charge is 0.859 e. The Balaban J connectivity index is -0.000000411. The van der Waals surface area contributed by atoms with E-state index < -0.39 is 54.6 Å². The van der Waals surface area contributed by atoms with E-state index in [1.54, 1.807) is 0 Å². The van der Waals surface area contributed by atoms with Crippen LogP contribution in [0.1, 0.15) is 27.7 Å². The quantitative estimate of drug-likeness (QED) is 0.152. The van der Waals surface area contributed by atoms with Crippen LogP contribution in [0.4, 0.5) is 0 Å². The van der Waals surface area contributed by atoms with Gasteiger partial charge in [-0.25, -0.2) is 8.42 Å². The summed E-state index contributed by atoms with van der Waals surface area (Å²) in [5.41, 5.74) is -2.19. The van der Waals surface area contributed by atoms with Crippen molar-refractivity contribution in [1.29, 1.82) is 0 Å². The van der Waals surface area contributed by atoms with Crippen molar-refractivity contribution in [2.24, 2.45) is 4.99 Å². The minimum Gasteiger partial charge on any atom is -0.859 e. The number of rotatable bonds is 8. The minimum atomic E-state index is -4.37. The third kappa shape index (κ3) is 21.7. The zero-order chi connectivity index (χ0) is 21.4. The second-order valence-electron chi connectivity index (χ2n) is 6.47. The molecule has 0 aliphatic rings. The number of carbonyl (C=O) groups is 1. The van der Waals surface area contributed by atoms with Crippen molar-refractivity contribution in [3.63, 3.8) is 0 Å². The van der Waals surface area contributed by atoms with Crippen molar-refractivity contribution in [3.8, 4) is 0 Å². The van der Waals surface area contributed by atoms with Crippen LogP contribution in [-0.4, -0.2) is 98.1 Å². The van der Waals surface area contributed by atoms with E-state index in [0.29, 0.717) is 0 Å². The SMILES string of the molecule is C=CC(=O)NC(C)(C)CS(=O)(=O)O.C=CC([O-])=NC(C)(C)CS(=O)(=O)[O-].[Ca+2]. The fourth-order valence-electron chi connectivity index (χ4n) is 1.69. The number of nitrogens with one attached hydrogen (secondary N) is 1. The summed E-state index contributed by atoms with van der Waals surface area (Å²) in [4.78, 5) is 14.3. The molecule has 0 aromatic carbocycles. The van der Waals surface area contributed by atoms with Crippen LogP contribution in [0.15, 0.2) is 30.3 Å². The second kappa shape index (κ2) is 12.1. The van der Waals surface area contributed by atoms with Gasteiger partial charge in [0.25, 0.3) is 10.1 Å². The van der Waals surface area contributed by atoms with Crippen LogP contribution in [0, 0.1) is 0 Å². The van der Waals surface area contributed by atoms with E-state index in [-0.39, 0.29) is 37.7 Å². The summed E-state index contributed by atoms with van der Waals surface area (Å²) in [5.74, 6) is -2.33. The maximum Gasteiger partial charge on any atom is 2.00 e. The van der Waals surface area contributed by atoms with Gasteiger partial charge in [0.15, 0.2) is 0 Å². The number of amides is 1. The normalized spacial score (nSPS) is 12.7. The fraction of sp³-hybridized carbons (Fsp3) is 0.571. The number of carbonyl (C=O) groups excluding carboxylic acids is 1. The molecule has 2 N–H and O–H groups in total. The van der Waals surface area contributed by atoms with Crippen LogP contribution in [0.2, 0.25) is 0 Å². The van der Waals surface area contributed by atoms with Gasteiger partial charge in [0.05, 0.1) is 32.7 Å². The average Bonchev–Trinajstić information content (AvgIpc) is 2.31. The van der Waals surface area contributed by atoms with Crippen LogP contribution in [0.3, 0.4) is 0 Å². The van der Waals surface area contributed by atoms with E-state index >= 15 is 0 Å². The summed E-state index contributed by atoms with van der Waals surface area (Å²) in [5, 5.41) is 13.1. The maximum absolute atomic E-state index is 10.8. The molecular formula is C14H24CaN2O8S2. The molecule has 0 aliphatic heterocycles. The molecule has 0 aromatic rings. The first-order valence-corrected chi connectivity index (χ1v) is 10.2. The third-order valence-electron chi connectivity index (χ3n) is 2.31. The average molecular weight is 453 g/mol. The Morgan fingerprint density at radius 3 is 1.85 bits per heavy atom. The molecule has 27 heavy (non-hydrogen) atoms. The van der Waals surface area contributed by atoms with E-state index in [4.69, 9.17) is 4.55 Å². The molecule has 0 heterocycles. The summed E-state index contributed by atoms with van der Waals surface area (Å²) < 4.78 is 60.6. The van der Waals surface area contributed by atoms with Crippen LogP contribution < -0.4 is 10.4 Å². The Hall–Kier alpha value is -0.500. The van der Waals surface area contributed by atoms with Crippen molar-refractivity contribution in [1.82, 2.24) is 5.32 Å². The van der Waals surface area contributed by atoms with Crippen molar-refractivity contribution < 1.29 is 35.8 Å². The van der Waals surface area contributed by atoms with E-state index in [2.05, 4.69) is 23.5 Å². The topological polar surface area (TPSA) is 176 Å². The van der Waals surface area contributed by atoms with Gasteiger partial charge in [-0.15, -0.1) is 0 Å². The zero-order valence-corrected chi connectivity index (χ0v) is 19.6. The van der Waals surface area contributed by atoms with Gasteiger partial charge >= 0.3 is 37.7 Å². The van der Waals surface area contributed by atoms with Gasteiger partial charge in [-0.1, -0.05) is 19.2 Å². The Morgan fingerprint density at radius 1 is 1.11 bits per heavy atom. The molecule has 0 spiro atoms. The van der Waals surface area contributed by atoms with Gasteiger partial charge in [0.2, 0.25) is 5.91 Å². The summed E-state index contributed by atoms with van der Waals surface area (Å²) in [7, 11) is -8.45. The maximum atomic E-state index is 10.8. The molecule has 0 aromatic heterocycles. The number of nitrogens with zero attached hydrogens (tertiary/aromatic N) is 1. The minimum absolute atomic E-state index is 0. The predicted molar refractivity (Wildman–Crippen MR) is 101 cm³/mol. The molecule has 13 heteroatoms. The first-order valence-electron chi connectivity index (χ1n) is 7.05. The molecule has 10 nitrogen and oxygen atoms in total. The van der Waals surface area contributed by atoms with Crippen LogP contribution in [0.5, 0.6) is 0 Å². The van der Waals surface area contributed by atoms with Crippen LogP contribution in [-0.2, 0) is 25.0 Å². The Kier molecular flexibility index (Phi) is 14.0. The third-order valence-corrected chi connectivity index (χ3v) is 4.45. The van der Waals surface area contributed by atoms with Gasteiger partial charge in [-0.3, -0.25) is 14.3 Å². The van der Waals surface area contributed by atoms with Crippen molar-refractivity contribution in [3.05, 3.63) is 25.3 Å². The van der Waals surface area contributed by atoms with Crippen molar-refractivity contribution in [2.45, 2.75) is 38.8 Å². The van der Waals surface area contributed by atoms with Crippen molar-refractivity contribution >= 4 is 69.8 Å². The summed E-state index contributed by atoms with van der Waals surface area (Å²) in [6, 6.07) is 0. The zero-order valence-electron chi connectivity index (χ0n) is 15.8. The second-order valence-corrected chi connectivity index (χ2v) is 9.33. The summed E-state index contributed by atoms with van der Waals surface area (Å²) >= 11 is 0. The van der Waals surface area contributed by atoms with Crippen LogP contribution >= 0.6 is 0 Å². The summed E-state index contributed by atoms with van der Waals surface area (Å²) in [6.07, 6.45) is 1.99. The van der Waals surface area contributed by atoms with Gasteiger partial charge in [0.1, 0.15) is 0 Å². The van der Waals surface area contributed by atoms with E-state index in [1.165, 1.54) is 27.7 Å². The Labute approximate surface area is 190 Å². The monoisotopic (exact) mass is 452 g/mol. The molecular weight excluding hydrogens is 428 g/mol. The Bertz CT molecular complexity index is 756. The molecule has 0 radical (unpaired) electrons. The molecule has 0 atom stereocenters. The first-order chi connectivity index (χ1) is 11.3. The van der Waals surface area contributed by atoms with Crippen molar-refractivity contribution in [2.75, 3.05) is 11.5 Å². The van der Waals surface area contributed by atoms with E-state index in [9.17, 15) is 31.3 Å². The molecule has 1 amide bonds. The molecule has 0 fully saturated rings. The Morgan fingerprint density at radius 2 is 1.56 bits per heavy atom. The molecule has 0 saturated carbocycles. The number of aliphatic imine (C=N–C) groups is 1. The van der Waals surface area contributed by atoms with Gasteiger partial charge < -0.3 is 15.0 Å². The van der Waals surface area contributed by atoms with Gasteiger partial charge in [-0.05, 0) is 39.7 Å². The largest absolute Gasteiger partial charge is 2.00 e.